The number of carbonyl (C=O) groups is 1. The zero-order valence-corrected chi connectivity index (χ0v) is 23.1. The summed E-state index contributed by atoms with van der Waals surface area (Å²) in [4.78, 5) is 22.0. The number of aliphatic hydroxyl groups is 2. The predicted molar refractivity (Wildman–Crippen MR) is 154 cm³/mol. The van der Waals surface area contributed by atoms with Gasteiger partial charge in [0, 0.05) is 17.5 Å². The SMILES string of the molecule is CCCCCOC(=O)Nc1ccc2ccc(CC[C@@]3(C)C[C@@H](c4snc5c(N)ccnc45)[C@H](O)[C@@H]3O)cc2n1. The van der Waals surface area contributed by atoms with Crippen LogP contribution < -0.4 is 11.1 Å². The molecule has 0 spiro atoms. The highest BCUT2D eigenvalue weighted by Crippen LogP contribution is 2.51. The first-order valence-electron chi connectivity index (χ1n) is 13.5. The molecular weight excluding hydrogens is 514 g/mol. The van der Waals surface area contributed by atoms with Crippen molar-refractivity contribution < 1.29 is 19.7 Å². The lowest BCUT2D eigenvalue weighted by atomic mass is 9.80. The van der Waals surface area contributed by atoms with E-state index in [2.05, 4.69) is 32.6 Å². The van der Waals surface area contributed by atoms with Crippen molar-refractivity contribution in [2.24, 2.45) is 5.41 Å². The highest BCUT2D eigenvalue weighted by atomic mass is 32.1. The maximum Gasteiger partial charge on any atom is 0.412 e. The van der Waals surface area contributed by atoms with E-state index in [1.54, 1.807) is 18.3 Å². The molecule has 39 heavy (non-hydrogen) atoms. The summed E-state index contributed by atoms with van der Waals surface area (Å²) in [5.41, 5.74) is 9.32. The maximum atomic E-state index is 12.1. The minimum Gasteiger partial charge on any atom is -0.449 e. The smallest absolute Gasteiger partial charge is 0.412 e. The molecule has 5 rings (SSSR count). The Hall–Kier alpha value is -3.34. The lowest BCUT2D eigenvalue weighted by Crippen LogP contribution is -2.34. The molecule has 4 aromatic rings. The Morgan fingerprint density at radius 3 is 2.85 bits per heavy atom. The summed E-state index contributed by atoms with van der Waals surface area (Å²) in [5, 5.41) is 25.8. The van der Waals surface area contributed by atoms with Crippen molar-refractivity contribution in [1.29, 1.82) is 0 Å². The molecule has 9 nitrogen and oxygen atoms in total. The summed E-state index contributed by atoms with van der Waals surface area (Å²) < 4.78 is 9.69. The van der Waals surface area contributed by atoms with Crippen molar-refractivity contribution in [3.63, 3.8) is 0 Å². The van der Waals surface area contributed by atoms with E-state index in [0.29, 0.717) is 48.4 Å². The van der Waals surface area contributed by atoms with Crippen molar-refractivity contribution in [3.8, 4) is 0 Å². The molecule has 3 heterocycles. The second kappa shape index (κ2) is 11.4. The number of ether oxygens (including phenoxy) is 1. The molecule has 0 radical (unpaired) electrons. The van der Waals surface area contributed by atoms with E-state index in [1.807, 2.05) is 25.1 Å². The molecule has 0 bridgehead atoms. The maximum absolute atomic E-state index is 12.1. The Bertz CT molecular complexity index is 1480. The van der Waals surface area contributed by atoms with E-state index in [9.17, 15) is 15.0 Å². The van der Waals surface area contributed by atoms with Crippen molar-refractivity contribution >= 4 is 51.1 Å². The van der Waals surface area contributed by atoms with Crippen LogP contribution in [0.4, 0.5) is 16.3 Å². The quantitative estimate of drug-likeness (QED) is 0.203. The second-order valence-electron chi connectivity index (χ2n) is 10.7. The van der Waals surface area contributed by atoms with Gasteiger partial charge in [-0.05, 0) is 72.5 Å². The standard InChI is InChI=1S/C29H35N5O4S/c1-3-4-5-14-38-28(37)33-22-9-8-18-7-6-17(15-21(18)32-22)10-12-29(2)16-19(25(35)27(29)36)26-24-23(34-39-26)20(30)11-13-31-24/h6-9,11,13,15,19,25,27,35-36H,3-5,10,12,14,16,30H2,1-2H3,(H,32,33,37)/t19-,25+,27+,29+/m1/s1. The minimum absolute atomic E-state index is 0.261. The van der Waals surface area contributed by atoms with Crippen molar-refractivity contribution in [2.75, 3.05) is 17.7 Å². The first-order chi connectivity index (χ1) is 18.8. The summed E-state index contributed by atoms with van der Waals surface area (Å²) in [6, 6.07) is 11.5. The predicted octanol–water partition coefficient (Wildman–Crippen LogP) is 5.41. The molecule has 0 aliphatic heterocycles. The van der Waals surface area contributed by atoms with Crippen molar-refractivity contribution in [1.82, 2.24) is 14.3 Å². The van der Waals surface area contributed by atoms with Crippen molar-refractivity contribution in [3.05, 3.63) is 53.0 Å². The number of benzene rings is 1. The summed E-state index contributed by atoms with van der Waals surface area (Å²) in [5.74, 6) is 0.179. The molecule has 3 aromatic heterocycles. The molecule has 0 saturated heterocycles. The molecule has 1 aliphatic rings. The molecule has 4 atom stereocenters. The zero-order valence-electron chi connectivity index (χ0n) is 22.3. The average Bonchev–Trinajstić information content (AvgIpc) is 3.46. The number of aryl methyl sites for hydroxylation is 1. The molecule has 206 valence electrons. The van der Waals surface area contributed by atoms with Crippen LogP contribution in [0.1, 0.15) is 62.3 Å². The Balaban J connectivity index is 1.26. The number of unbranched alkanes of at least 4 members (excludes halogenated alkanes) is 2. The van der Waals surface area contributed by atoms with Crippen molar-refractivity contribution in [2.45, 2.75) is 70.5 Å². The van der Waals surface area contributed by atoms with Crippen LogP contribution in [0.3, 0.4) is 0 Å². The fraction of sp³-hybridized carbons (Fsp3) is 0.448. The number of amides is 1. The van der Waals surface area contributed by atoms with Crippen LogP contribution >= 0.6 is 11.5 Å². The van der Waals surface area contributed by atoms with Crippen LogP contribution in [0.5, 0.6) is 0 Å². The van der Waals surface area contributed by atoms with E-state index in [0.717, 1.165) is 40.6 Å². The third-order valence-electron chi connectivity index (χ3n) is 7.85. The summed E-state index contributed by atoms with van der Waals surface area (Å²) in [6.07, 6.45) is 4.30. The zero-order chi connectivity index (χ0) is 27.6. The van der Waals surface area contributed by atoms with Gasteiger partial charge in [0.1, 0.15) is 16.9 Å². The number of nitrogens with one attached hydrogen (secondary N) is 1. The molecule has 5 N–H and O–H groups in total. The highest BCUT2D eigenvalue weighted by Gasteiger charge is 2.50. The van der Waals surface area contributed by atoms with Crippen LogP contribution in [-0.2, 0) is 11.2 Å². The van der Waals surface area contributed by atoms with Gasteiger partial charge in [0.2, 0.25) is 0 Å². The molecule has 1 aromatic carbocycles. The molecule has 1 fully saturated rings. The lowest BCUT2D eigenvalue weighted by Gasteiger charge is -2.28. The Morgan fingerprint density at radius 2 is 2.03 bits per heavy atom. The van der Waals surface area contributed by atoms with Gasteiger partial charge in [-0.3, -0.25) is 10.3 Å². The van der Waals surface area contributed by atoms with Gasteiger partial charge >= 0.3 is 6.09 Å². The molecule has 10 heteroatoms. The average molecular weight is 550 g/mol. The number of anilines is 2. The number of hydrogen-bond acceptors (Lipinski definition) is 9. The molecule has 0 unspecified atom stereocenters. The number of nitrogens with two attached hydrogens (primary N) is 1. The first kappa shape index (κ1) is 27.2. The number of fused-ring (bicyclic) bond motifs is 2. The topological polar surface area (TPSA) is 143 Å². The molecule has 1 amide bonds. The minimum atomic E-state index is -0.907. The Kier molecular flexibility index (Phi) is 7.97. The molecular formula is C29H35N5O4S. The summed E-state index contributed by atoms with van der Waals surface area (Å²) >= 11 is 1.30. The number of nitrogens with zero attached hydrogens (tertiary/aromatic N) is 3. The van der Waals surface area contributed by atoms with E-state index in [-0.39, 0.29) is 5.92 Å². The van der Waals surface area contributed by atoms with E-state index >= 15 is 0 Å². The Morgan fingerprint density at radius 1 is 1.21 bits per heavy atom. The third-order valence-corrected chi connectivity index (χ3v) is 8.82. The second-order valence-corrected chi connectivity index (χ2v) is 11.5. The summed E-state index contributed by atoms with van der Waals surface area (Å²) in [6.45, 7) is 4.52. The van der Waals surface area contributed by atoms with Crippen LogP contribution in [0, 0.1) is 5.41 Å². The number of nitrogen functional groups attached to an aromatic ring is 1. The van der Waals surface area contributed by atoms with Gasteiger partial charge < -0.3 is 20.7 Å². The highest BCUT2D eigenvalue weighted by molar-refractivity contribution is 7.07. The number of rotatable bonds is 9. The van der Waals surface area contributed by atoms with Gasteiger partial charge in [-0.1, -0.05) is 38.8 Å². The third kappa shape index (κ3) is 5.68. The van der Waals surface area contributed by atoms with Gasteiger partial charge in [-0.15, -0.1) is 0 Å². The first-order valence-corrected chi connectivity index (χ1v) is 14.3. The number of aromatic nitrogens is 3. The normalized spacial score (nSPS) is 22.9. The van der Waals surface area contributed by atoms with E-state index in [4.69, 9.17) is 10.5 Å². The summed E-state index contributed by atoms with van der Waals surface area (Å²) in [7, 11) is 0. The van der Waals surface area contributed by atoms with Gasteiger partial charge in [0.15, 0.2) is 0 Å². The van der Waals surface area contributed by atoms with Gasteiger partial charge in [0.05, 0.1) is 34.9 Å². The number of pyridine rings is 2. The van der Waals surface area contributed by atoms with E-state index in [1.165, 1.54) is 11.5 Å². The number of aliphatic hydroxyl groups excluding tert-OH is 2. The van der Waals surface area contributed by atoms with Crippen LogP contribution in [0.25, 0.3) is 21.9 Å². The fourth-order valence-electron chi connectivity index (χ4n) is 5.48. The number of carbonyl (C=O) groups excluding carboxylic acids is 1. The van der Waals surface area contributed by atoms with Crippen LogP contribution in [0.15, 0.2) is 42.6 Å². The molecule has 1 saturated carbocycles. The monoisotopic (exact) mass is 549 g/mol. The molecule has 1 aliphatic carbocycles. The largest absolute Gasteiger partial charge is 0.449 e. The Labute approximate surface area is 231 Å². The van der Waals surface area contributed by atoms with Gasteiger partial charge in [-0.2, -0.15) is 4.37 Å². The lowest BCUT2D eigenvalue weighted by molar-refractivity contribution is -0.0199. The van der Waals surface area contributed by atoms with Gasteiger partial charge in [-0.25, -0.2) is 9.78 Å². The van der Waals surface area contributed by atoms with Gasteiger partial charge in [0.25, 0.3) is 0 Å². The van der Waals surface area contributed by atoms with Crippen LogP contribution in [0.2, 0.25) is 0 Å². The van der Waals surface area contributed by atoms with E-state index < -0.39 is 23.7 Å². The number of hydrogen-bond donors (Lipinski definition) is 4. The van der Waals surface area contributed by atoms with Crippen LogP contribution in [-0.4, -0.2) is 49.5 Å². The fourth-order valence-corrected chi connectivity index (χ4v) is 6.45.